The topological polar surface area (TPSA) is 321 Å². The number of aliphatic hydroxyl groups is 14. The lowest BCUT2D eigenvalue weighted by Gasteiger charge is -2.04. The van der Waals surface area contributed by atoms with Crippen LogP contribution in [0.1, 0.15) is 194 Å². The van der Waals surface area contributed by atoms with E-state index in [4.69, 9.17) is 76.6 Å². The fourth-order valence-corrected chi connectivity index (χ4v) is 3.38. The van der Waals surface area contributed by atoms with Gasteiger partial charge in [-0.25, -0.2) is 4.79 Å². The van der Waals surface area contributed by atoms with Crippen molar-refractivity contribution in [2.45, 2.75) is 279 Å². The quantitative estimate of drug-likeness (QED) is 0.0672. The molecule has 16 nitrogen and oxygen atoms in total. The summed E-state index contributed by atoms with van der Waals surface area (Å²) in [6.45, 7) is 28.7. The van der Waals surface area contributed by atoms with Gasteiger partial charge in [-0.15, -0.1) is 0 Å². The largest absolute Gasteiger partial charge is 0.478 e. The Morgan fingerprint density at radius 2 is 0.323 bits per heavy atom. The molecule has 0 rings (SSSR count). The van der Waals surface area contributed by atoms with E-state index in [9.17, 15) is 4.79 Å². The molecule has 0 aromatic heterocycles. The van der Waals surface area contributed by atoms with Gasteiger partial charge in [-0.3, -0.25) is 0 Å². The summed E-state index contributed by atoms with van der Waals surface area (Å²) in [6.07, 6.45) is 5.86. The molecule has 0 radical (unpaired) electrons. The molecule has 0 aliphatic heterocycles. The predicted octanol–water partition coefficient (Wildman–Crippen LogP) is 4.34. The Kier molecular flexibility index (Phi) is 70.0. The first-order chi connectivity index (χ1) is 28.0. The summed E-state index contributed by atoms with van der Waals surface area (Å²) in [4.78, 5) is 9.60. The second-order valence-corrected chi connectivity index (χ2v) is 17.0. The van der Waals surface area contributed by atoms with Crippen LogP contribution in [0.4, 0.5) is 0 Å². The number of aliphatic hydroxyl groups excluding tert-OH is 14. The van der Waals surface area contributed by atoms with Crippen molar-refractivity contribution < 1.29 is 81.4 Å². The van der Waals surface area contributed by atoms with E-state index in [1.54, 1.807) is 96.9 Å². The van der Waals surface area contributed by atoms with E-state index in [2.05, 4.69) is 6.58 Å². The first-order valence-electron chi connectivity index (χ1n) is 22.4. The van der Waals surface area contributed by atoms with Crippen LogP contribution in [0.2, 0.25) is 0 Å². The average Bonchev–Trinajstić information content (AvgIpc) is 3.10. The Morgan fingerprint density at radius 3 is 0.339 bits per heavy atom. The van der Waals surface area contributed by atoms with E-state index in [0.29, 0.717) is 89.9 Å². The average molecular weight is 913 g/mol. The van der Waals surface area contributed by atoms with Crippen molar-refractivity contribution in [2.24, 2.45) is 0 Å². The van der Waals surface area contributed by atoms with Crippen molar-refractivity contribution in [3.05, 3.63) is 12.2 Å². The van der Waals surface area contributed by atoms with Gasteiger partial charge in [0.1, 0.15) is 0 Å². The monoisotopic (exact) mass is 913 g/mol. The van der Waals surface area contributed by atoms with Crippen molar-refractivity contribution in [1.82, 2.24) is 0 Å². The van der Waals surface area contributed by atoms with Crippen LogP contribution >= 0.6 is 0 Å². The molecule has 0 heterocycles. The third-order valence-corrected chi connectivity index (χ3v) is 7.38. The van der Waals surface area contributed by atoms with Crippen molar-refractivity contribution in [3.8, 4) is 0 Å². The Bertz CT molecular complexity index is 618. The van der Waals surface area contributed by atoms with E-state index in [-0.39, 0.29) is 91.0 Å². The smallest absolute Gasteiger partial charge is 0.330 e. The SMILES string of the molecule is C=C(C)C(=O)O.CC(O)CCC(C)O.CC(O)CCC(C)O.CC(O)CCC(C)O.CC(O)CCC(C)O.CC(O)CCC(C)O.CC(O)CCC(C)O.CC(O)CCC(C)O. The highest BCUT2D eigenvalue weighted by atomic mass is 16.4. The van der Waals surface area contributed by atoms with Crippen molar-refractivity contribution in [2.75, 3.05) is 0 Å². The lowest BCUT2D eigenvalue weighted by Crippen LogP contribution is -2.06. The second kappa shape index (κ2) is 55.8. The minimum atomic E-state index is -0.935. The summed E-state index contributed by atoms with van der Waals surface area (Å²) in [7, 11) is 0. The van der Waals surface area contributed by atoms with Gasteiger partial charge in [-0.05, 0) is 194 Å². The Balaban J connectivity index is -0.0000000897. The summed E-state index contributed by atoms with van der Waals surface area (Å²) < 4.78 is 0. The van der Waals surface area contributed by atoms with Gasteiger partial charge in [0.25, 0.3) is 0 Å². The van der Waals surface area contributed by atoms with Crippen molar-refractivity contribution >= 4 is 5.97 Å². The van der Waals surface area contributed by atoms with Gasteiger partial charge in [-0.2, -0.15) is 0 Å². The van der Waals surface area contributed by atoms with Gasteiger partial charge in [0.15, 0.2) is 0 Å². The zero-order valence-corrected chi connectivity index (χ0v) is 41.8. The molecule has 0 aliphatic carbocycles. The Labute approximate surface area is 378 Å². The molecule has 0 saturated carbocycles. The van der Waals surface area contributed by atoms with Gasteiger partial charge in [-0.1, -0.05) is 6.58 Å². The van der Waals surface area contributed by atoms with E-state index < -0.39 is 5.97 Å². The number of carboxylic acid groups (broad SMARTS) is 1. The molecule has 0 bridgehead atoms. The van der Waals surface area contributed by atoms with E-state index in [1.807, 2.05) is 0 Å². The molecule has 14 atom stereocenters. The normalized spacial score (nSPS) is 17.0. The van der Waals surface area contributed by atoms with Gasteiger partial charge in [0.05, 0.1) is 85.5 Å². The highest BCUT2D eigenvalue weighted by Gasteiger charge is 2.02. The number of rotatable bonds is 22. The van der Waals surface area contributed by atoms with Crippen LogP contribution in [0.25, 0.3) is 0 Å². The molecule has 384 valence electrons. The molecule has 0 fully saturated rings. The summed E-state index contributed by atoms with van der Waals surface area (Å²) >= 11 is 0. The first-order valence-corrected chi connectivity index (χ1v) is 22.4. The Morgan fingerprint density at radius 1 is 0.274 bits per heavy atom. The van der Waals surface area contributed by atoms with Gasteiger partial charge >= 0.3 is 5.97 Å². The third-order valence-electron chi connectivity index (χ3n) is 7.38. The number of carboxylic acids is 1. The number of aliphatic carboxylic acids is 1. The van der Waals surface area contributed by atoms with Gasteiger partial charge in [0.2, 0.25) is 0 Å². The van der Waals surface area contributed by atoms with Crippen molar-refractivity contribution in [1.29, 1.82) is 0 Å². The highest BCUT2D eigenvalue weighted by molar-refractivity contribution is 5.84. The minimum absolute atomic E-state index is 0.176. The molecular weight excluding hydrogens is 808 g/mol. The zero-order valence-electron chi connectivity index (χ0n) is 41.8. The highest BCUT2D eigenvalue weighted by Crippen LogP contribution is 2.03. The molecular formula is C46H104O16. The lowest BCUT2D eigenvalue weighted by atomic mass is 10.1. The lowest BCUT2D eigenvalue weighted by molar-refractivity contribution is -0.132. The summed E-state index contributed by atoms with van der Waals surface area (Å²) in [5.41, 5.74) is 0.176. The molecule has 15 N–H and O–H groups in total. The molecule has 0 aromatic rings. The maximum Gasteiger partial charge on any atom is 0.330 e. The fraction of sp³-hybridized carbons (Fsp3) is 0.935. The summed E-state index contributed by atoms with van der Waals surface area (Å²) in [5, 5.41) is 130. The van der Waals surface area contributed by atoms with Crippen LogP contribution in [0.3, 0.4) is 0 Å². The second-order valence-electron chi connectivity index (χ2n) is 17.0. The van der Waals surface area contributed by atoms with Crippen LogP contribution in [0, 0.1) is 0 Å². The van der Waals surface area contributed by atoms with Crippen LogP contribution in [-0.2, 0) is 4.79 Å². The fourth-order valence-electron chi connectivity index (χ4n) is 3.38. The molecule has 0 amide bonds. The van der Waals surface area contributed by atoms with E-state index in [1.165, 1.54) is 6.92 Å². The molecule has 0 spiro atoms. The molecule has 0 saturated heterocycles. The maximum absolute atomic E-state index is 9.60. The molecule has 0 aliphatic rings. The van der Waals surface area contributed by atoms with Crippen LogP contribution in [0.15, 0.2) is 12.2 Å². The summed E-state index contributed by atoms with van der Waals surface area (Å²) in [5.74, 6) is -0.935. The Hall–Kier alpha value is -1.35. The van der Waals surface area contributed by atoms with E-state index in [0.717, 1.165) is 0 Å². The van der Waals surface area contributed by atoms with Crippen LogP contribution in [0.5, 0.6) is 0 Å². The van der Waals surface area contributed by atoms with E-state index >= 15 is 0 Å². The van der Waals surface area contributed by atoms with Crippen molar-refractivity contribution in [3.63, 3.8) is 0 Å². The maximum atomic E-state index is 9.60. The van der Waals surface area contributed by atoms with Crippen LogP contribution in [-0.4, -0.2) is 168 Å². The number of carbonyl (C=O) groups is 1. The summed E-state index contributed by atoms with van der Waals surface area (Å²) in [6, 6.07) is 0. The molecule has 0 aromatic carbocycles. The number of hydrogen-bond donors (Lipinski definition) is 15. The standard InChI is InChI=1S/7C6H14O2.C4H6O2/c7*1-5(7)3-4-6(2)8;1-3(2)4(5)6/h7*5-8H,3-4H2,1-2H3;1H2,2H3,(H,5,6). The van der Waals surface area contributed by atoms with Gasteiger partial charge < -0.3 is 76.6 Å². The van der Waals surface area contributed by atoms with Gasteiger partial charge in [0, 0.05) is 5.57 Å². The molecule has 16 heteroatoms. The molecule has 14 unspecified atom stereocenters. The first kappa shape index (κ1) is 77.8. The minimum Gasteiger partial charge on any atom is -0.478 e. The number of hydrogen-bond acceptors (Lipinski definition) is 15. The zero-order chi connectivity index (χ0) is 51.1. The third kappa shape index (κ3) is 138. The molecule has 62 heavy (non-hydrogen) atoms. The van der Waals surface area contributed by atoms with Crippen LogP contribution < -0.4 is 0 Å². The predicted molar refractivity (Wildman–Crippen MR) is 251 cm³/mol.